The fourth-order valence-corrected chi connectivity index (χ4v) is 4.56. The second kappa shape index (κ2) is 6.91. The number of rotatable bonds is 3. The molecule has 0 unspecified atom stereocenters. The lowest BCUT2D eigenvalue weighted by atomic mass is 9.84. The summed E-state index contributed by atoms with van der Waals surface area (Å²) in [6, 6.07) is 14.9. The van der Waals surface area contributed by atoms with E-state index < -0.39 is 0 Å². The maximum atomic E-state index is 12.8. The van der Waals surface area contributed by atoms with Gasteiger partial charge in [0.05, 0.1) is 6.61 Å². The van der Waals surface area contributed by atoms with E-state index in [9.17, 15) is 4.79 Å². The van der Waals surface area contributed by atoms with Crippen LogP contribution in [0, 0.1) is 5.92 Å². The third-order valence-electron chi connectivity index (χ3n) is 5.12. The molecule has 0 bridgehead atoms. The summed E-state index contributed by atoms with van der Waals surface area (Å²) in [5.74, 6) is 0.898. The van der Waals surface area contributed by atoms with Crippen LogP contribution in [0.4, 0.5) is 0 Å². The Hall–Kier alpha value is -1.91. The lowest BCUT2D eigenvalue weighted by molar-refractivity contribution is -0.128. The van der Waals surface area contributed by atoms with Crippen LogP contribution in [-0.4, -0.2) is 36.6 Å². The molecule has 4 rings (SSSR count). The molecule has 2 aliphatic heterocycles. The zero-order valence-electron chi connectivity index (χ0n) is 13.5. The predicted octanol–water partition coefficient (Wildman–Crippen LogP) is 3.79. The van der Waals surface area contributed by atoms with Gasteiger partial charge >= 0.3 is 0 Å². The molecule has 2 aliphatic rings. The van der Waals surface area contributed by atoms with Gasteiger partial charge in [-0.1, -0.05) is 36.4 Å². The molecule has 124 valence electrons. The van der Waals surface area contributed by atoms with Crippen LogP contribution < -0.4 is 0 Å². The van der Waals surface area contributed by atoms with Crippen molar-refractivity contribution in [2.75, 3.05) is 19.8 Å². The monoisotopic (exact) mass is 339 g/mol. The smallest absolute Gasteiger partial charge is 0.246 e. The summed E-state index contributed by atoms with van der Waals surface area (Å²) in [6.07, 6.45) is 4.59. The maximum Gasteiger partial charge on any atom is 0.246 e. The van der Waals surface area contributed by atoms with E-state index in [4.69, 9.17) is 4.74 Å². The Kier molecular flexibility index (Phi) is 4.50. The largest absolute Gasteiger partial charge is 0.381 e. The Bertz CT molecular complexity index is 711. The van der Waals surface area contributed by atoms with Crippen molar-refractivity contribution in [1.82, 2.24) is 4.90 Å². The molecule has 3 nitrogen and oxygen atoms in total. The molecule has 0 radical (unpaired) electrons. The van der Waals surface area contributed by atoms with E-state index in [-0.39, 0.29) is 5.91 Å². The van der Waals surface area contributed by atoms with Gasteiger partial charge in [-0.2, -0.15) is 0 Å². The number of likely N-dealkylation sites (tertiary alicyclic amines) is 1. The fraction of sp³-hybridized carbons (Fsp3) is 0.350. The summed E-state index contributed by atoms with van der Waals surface area (Å²) in [5.41, 5.74) is 1.32. The van der Waals surface area contributed by atoms with E-state index in [2.05, 4.69) is 29.2 Å². The molecule has 0 aliphatic carbocycles. The van der Waals surface area contributed by atoms with Crippen molar-refractivity contribution in [3.05, 3.63) is 64.4 Å². The van der Waals surface area contributed by atoms with Crippen LogP contribution in [0.2, 0.25) is 0 Å². The lowest BCUT2D eigenvalue weighted by Gasteiger charge is -2.32. The van der Waals surface area contributed by atoms with Crippen molar-refractivity contribution in [2.24, 2.45) is 5.92 Å². The Balaban J connectivity index is 1.55. The Morgan fingerprint density at radius 3 is 2.88 bits per heavy atom. The average molecular weight is 339 g/mol. The molecule has 0 saturated carbocycles. The SMILES string of the molecule is O=C(/C=C/c1cccs1)N1C[C@H](c2ccccc2)[C@@H]2COCC[C@@H]21. The average Bonchev–Trinajstić information content (AvgIpc) is 3.28. The number of ether oxygens (including phenoxy) is 1. The van der Waals surface area contributed by atoms with Gasteiger partial charge in [0.15, 0.2) is 0 Å². The minimum atomic E-state index is 0.124. The summed E-state index contributed by atoms with van der Waals surface area (Å²) in [6.45, 7) is 2.29. The first-order chi connectivity index (χ1) is 11.8. The third kappa shape index (κ3) is 3.04. The second-order valence-electron chi connectivity index (χ2n) is 6.45. The quantitative estimate of drug-likeness (QED) is 0.796. The molecular weight excluding hydrogens is 318 g/mol. The number of thiophene rings is 1. The first-order valence-electron chi connectivity index (χ1n) is 8.48. The van der Waals surface area contributed by atoms with Gasteiger partial charge in [0.1, 0.15) is 0 Å². The lowest BCUT2D eigenvalue weighted by Crippen LogP contribution is -2.41. The molecule has 3 heterocycles. The molecule has 1 amide bonds. The second-order valence-corrected chi connectivity index (χ2v) is 7.43. The number of fused-ring (bicyclic) bond motifs is 1. The van der Waals surface area contributed by atoms with Crippen molar-refractivity contribution >= 4 is 23.3 Å². The van der Waals surface area contributed by atoms with Gasteiger partial charge in [-0.3, -0.25) is 4.79 Å². The van der Waals surface area contributed by atoms with E-state index in [1.807, 2.05) is 29.7 Å². The molecule has 1 aromatic carbocycles. The minimum absolute atomic E-state index is 0.124. The Morgan fingerprint density at radius 1 is 1.21 bits per heavy atom. The van der Waals surface area contributed by atoms with Gasteiger partial charge < -0.3 is 9.64 Å². The fourth-order valence-electron chi connectivity index (χ4n) is 3.94. The highest BCUT2D eigenvalue weighted by molar-refractivity contribution is 7.10. The van der Waals surface area contributed by atoms with Crippen LogP contribution in [0.5, 0.6) is 0 Å². The highest BCUT2D eigenvalue weighted by atomic mass is 32.1. The number of amides is 1. The van der Waals surface area contributed by atoms with Crippen LogP contribution in [0.15, 0.2) is 53.9 Å². The van der Waals surface area contributed by atoms with Gasteiger partial charge in [-0.25, -0.2) is 0 Å². The normalized spacial score (nSPS) is 26.7. The number of carbonyl (C=O) groups is 1. The van der Waals surface area contributed by atoms with Crippen LogP contribution >= 0.6 is 11.3 Å². The van der Waals surface area contributed by atoms with Crippen molar-refractivity contribution in [1.29, 1.82) is 0 Å². The minimum Gasteiger partial charge on any atom is -0.381 e. The van der Waals surface area contributed by atoms with Crippen LogP contribution in [0.25, 0.3) is 6.08 Å². The van der Waals surface area contributed by atoms with Crippen molar-refractivity contribution in [3.63, 3.8) is 0 Å². The number of nitrogens with zero attached hydrogens (tertiary/aromatic N) is 1. The molecule has 24 heavy (non-hydrogen) atoms. The topological polar surface area (TPSA) is 29.5 Å². The Morgan fingerprint density at radius 2 is 2.08 bits per heavy atom. The van der Waals surface area contributed by atoms with E-state index in [0.29, 0.717) is 17.9 Å². The number of benzene rings is 1. The van der Waals surface area contributed by atoms with E-state index in [1.54, 1.807) is 17.4 Å². The van der Waals surface area contributed by atoms with Crippen molar-refractivity contribution in [2.45, 2.75) is 18.4 Å². The zero-order valence-corrected chi connectivity index (χ0v) is 14.3. The summed E-state index contributed by atoms with van der Waals surface area (Å²) >= 11 is 1.65. The highest BCUT2D eigenvalue weighted by Gasteiger charge is 2.45. The van der Waals surface area contributed by atoms with Crippen molar-refractivity contribution < 1.29 is 9.53 Å². The van der Waals surface area contributed by atoms with E-state index in [1.165, 1.54) is 5.56 Å². The molecule has 2 saturated heterocycles. The number of hydrogen-bond donors (Lipinski definition) is 0. The van der Waals surface area contributed by atoms with Gasteiger partial charge in [0, 0.05) is 42.0 Å². The maximum absolute atomic E-state index is 12.8. The first kappa shape index (κ1) is 15.6. The van der Waals surface area contributed by atoms with Crippen LogP contribution in [0.1, 0.15) is 22.8 Å². The van der Waals surface area contributed by atoms with Gasteiger partial charge in [0.2, 0.25) is 5.91 Å². The predicted molar refractivity (Wildman–Crippen MR) is 97.0 cm³/mol. The molecule has 0 N–H and O–H groups in total. The molecular formula is C20H21NO2S. The van der Waals surface area contributed by atoms with Gasteiger partial charge in [0.25, 0.3) is 0 Å². The van der Waals surface area contributed by atoms with Crippen LogP contribution in [-0.2, 0) is 9.53 Å². The molecule has 2 fully saturated rings. The Labute approximate surface area is 146 Å². The zero-order chi connectivity index (χ0) is 16.4. The number of carbonyl (C=O) groups excluding carboxylic acids is 1. The van der Waals surface area contributed by atoms with Crippen LogP contribution in [0.3, 0.4) is 0 Å². The first-order valence-corrected chi connectivity index (χ1v) is 9.36. The third-order valence-corrected chi connectivity index (χ3v) is 5.95. The summed E-state index contributed by atoms with van der Waals surface area (Å²) in [4.78, 5) is 16.0. The highest BCUT2D eigenvalue weighted by Crippen LogP contribution is 2.40. The molecule has 1 aromatic heterocycles. The number of hydrogen-bond acceptors (Lipinski definition) is 3. The molecule has 4 heteroatoms. The summed E-state index contributed by atoms with van der Waals surface area (Å²) in [5, 5.41) is 2.03. The molecule has 3 atom stereocenters. The van der Waals surface area contributed by atoms with E-state index >= 15 is 0 Å². The van der Waals surface area contributed by atoms with E-state index in [0.717, 1.165) is 31.1 Å². The summed E-state index contributed by atoms with van der Waals surface area (Å²) in [7, 11) is 0. The van der Waals surface area contributed by atoms with Gasteiger partial charge in [-0.15, -0.1) is 11.3 Å². The summed E-state index contributed by atoms with van der Waals surface area (Å²) < 4.78 is 5.73. The molecule has 2 aromatic rings. The van der Waals surface area contributed by atoms with Gasteiger partial charge in [-0.05, 0) is 29.5 Å². The molecule has 0 spiro atoms. The van der Waals surface area contributed by atoms with Crippen molar-refractivity contribution in [3.8, 4) is 0 Å². The standard InChI is InChI=1S/C20H21NO2S/c22-20(9-8-16-7-4-12-24-16)21-13-17(15-5-2-1-3-6-15)18-14-23-11-10-19(18)21/h1-9,12,17-19H,10-11,13-14H2/b9-8+/t17-,18+,19+/m1/s1.